The molecule has 1 unspecified atom stereocenters. The van der Waals surface area contributed by atoms with E-state index in [1.54, 1.807) is 0 Å². The summed E-state index contributed by atoms with van der Waals surface area (Å²) in [4.78, 5) is 11.0. The molecule has 0 radical (unpaired) electrons. The van der Waals surface area contributed by atoms with Crippen LogP contribution in [0.1, 0.15) is 33.6 Å². The van der Waals surface area contributed by atoms with Crippen molar-refractivity contribution < 1.29 is 14.6 Å². The van der Waals surface area contributed by atoms with Crippen molar-refractivity contribution in [3.63, 3.8) is 0 Å². The van der Waals surface area contributed by atoms with E-state index in [2.05, 4.69) is 19.2 Å². The van der Waals surface area contributed by atoms with Crippen molar-refractivity contribution >= 4 is 6.09 Å². The average molecular weight is 203 g/mol. The molecule has 0 fully saturated rings. The number of carbonyl (C=O) groups is 1. The lowest BCUT2D eigenvalue weighted by atomic mass is 10.1. The highest BCUT2D eigenvalue weighted by molar-refractivity contribution is 5.67. The lowest BCUT2D eigenvalue weighted by Crippen LogP contribution is -2.29. The molecule has 0 aliphatic heterocycles. The number of amides is 1. The highest BCUT2D eigenvalue weighted by Gasteiger charge is 2.05. The fraction of sp³-hybridized carbons (Fsp3) is 0.900. The maximum absolute atomic E-state index is 11.0. The molecule has 0 heterocycles. The van der Waals surface area contributed by atoms with Gasteiger partial charge in [0, 0.05) is 6.54 Å². The Labute approximate surface area is 85.6 Å². The van der Waals surface area contributed by atoms with E-state index in [-0.39, 0.29) is 6.61 Å². The molecular weight excluding hydrogens is 182 g/mol. The van der Waals surface area contributed by atoms with Gasteiger partial charge in [0.15, 0.2) is 0 Å². The SMILES string of the molecule is CCC(O)COC(=O)NCCC(C)C. The second-order valence-corrected chi connectivity index (χ2v) is 3.77. The second kappa shape index (κ2) is 7.62. The quantitative estimate of drug-likeness (QED) is 0.688. The highest BCUT2D eigenvalue weighted by Crippen LogP contribution is 1.96. The van der Waals surface area contributed by atoms with Gasteiger partial charge in [-0.2, -0.15) is 0 Å². The van der Waals surface area contributed by atoms with Crippen LogP contribution in [0.25, 0.3) is 0 Å². The Morgan fingerprint density at radius 1 is 1.50 bits per heavy atom. The van der Waals surface area contributed by atoms with Crippen LogP contribution in [0.3, 0.4) is 0 Å². The summed E-state index contributed by atoms with van der Waals surface area (Å²) in [6, 6.07) is 0. The van der Waals surface area contributed by atoms with Crippen molar-refractivity contribution in [2.75, 3.05) is 13.2 Å². The fourth-order valence-corrected chi connectivity index (χ4v) is 0.804. The smallest absolute Gasteiger partial charge is 0.407 e. The van der Waals surface area contributed by atoms with Gasteiger partial charge in [0.1, 0.15) is 6.61 Å². The number of rotatable bonds is 6. The second-order valence-electron chi connectivity index (χ2n) is 3.77. The summed E-state index contributed by atoms with van der Waals surface area (Å²) in [6.45, 7) is 6.72. The zero-order chi connectivity index (χ0) is 11.0. The van der Waals surface area contributed by atoms with E-state index in [1.165, 1.54) is 0 Å². The standard InChI is InChI=1S/C10H21NO3/c1-4-9(12)7-14-10(13)11-6-5-8(2)3/h8-9,12H,4-7H2,1-3H3,(H,11,13). The fourth-order valence-electron chi connectivity index (χ4n) is 0.804. The van der Waals surface area contributed by atoms with Crippen molar-refractivity contribution in [1.82, 2.24) is 5.32 Å². The van der Waals surface area contributed by atoms with Gasteiger partial charge in [-0.05, 0) is 18.8 Å². The number of hydrogen-bond acceptors (Lipinski definition) is 3. The molecule has 0 aromatic rings. The molecule has 0 saturated carbocycles. The third kappa shape index (κ3) is 7.86. The van der Waals surface area contributed by atoms with Crippen LogP contribution in [0.5, 0.6) is 0 Å². The topological polar surface area (TPSA) is 58.6 Å². The molecular formula is C10H21NO3. The minimum atomic E-state index is -0.550. The number of nitrogens with one attached hydrogen (secondary N) is 1. The molecule has 4 nitrogen and oxygen atoms in total. The zero-order valence-electron chi connectivity index (χ0n) is 9.25. The van der Waals surface area contributed by atoms with Gasteiger partial charge in [-0.25, -0.2) is 4.79 Å². The molecule has 4 heteroatoms. The maximum atomic E-state index is 11.0. The summed E-state index contributed by atoms with van der Waals surface area (Å²) in [5, 5.41) is 11.7. The summed E-state index contributed by atoms with van der Waals surface area (Å²) < 4.78 is 4.78. The molecule has 1 amide bonds. The van der Waals surface area contributed by atoms with Crippen LogP contribution < -0.4 is 5.32 Å². The molecule has 1 atom stereocenters. The van der Waals surface area contributed by atoms with Crippen molar-refractivity contribution in [2.45, 2.75) is 39.7 Å². The summed E-state index contributed by atoms with van der Waals surface area (Å²) in [5.41, 5.74) is 0. The van der Waals surface area contributed by atoms with E-state index >= 15 is 0 Å². The molecule has 0 spiro atoms. The van der Waals surface area contributed by atoms with Crippen molar-refractivity contribution in [3.8, 4) is 0 Å². The Morgan fingerprint density at radius 3 is 2.64 bits per heavy atom. The summed E-state index contributed by atoms with van der Waals surface area (Å²) in [6.07, 6.45) is 0.536. The van der Waals surface area contributed by atoms with Crippen molar-refractivity contribution in [2.24, 2.45) is 5.92 Å². The minimum absolute atomic E-state index is 0.0734. The predicted molar refractivity (Wildman–Crippen MR) is 55.1 cm³/mol. The number of alkyl carbamates (subject to hydrolysis) is 1. The van der Waals surface area contributed by atoms with E-state index in [9.17, 15) is 4.79 Å². The van der Waals surface area contributed by atoms with Gasteiger partial charge in [-0.15, -0.1) is 0 Å². The lowest BCUT2D eigenvalue weighted by molar-refractivity contribution is 0.0663. The van der Waals surface area contributed by atoms with E-state index in [0.29, 0.717) is 18.9 Å². The van der Waals surface area contributed by atoms with Gasteiger partial charge in [0.2, 0.25) is 0 Å². The van der Waals surface area contributed by atoms with E-state index in [0.717, 1.165) is 6.42 Å². The molecule has 0 bridgehead atoms. The molecule has 0 aliphatic rings. The third-order valence-corrected chi connectivity index (χ3v) is 1.87. The van der Waals surface area contributed by atoms with Crippen LogP contribution in [0.2, 0.25) is 0 Å². The normalized spacial score (nSPS) is 12.6. The molecule has 0 saturated heterocycles. The van der Waals surface area contributed by atoms with Gasteiger partial charge in [0.05, 0.1) is 6.10 Å². The van der Waals surface area contributed by atoms with Crippen molar-refractivity contribution in [1.29, 1.82) is 0 Å². The first-order chi connectivity index (χ1) is 6.56. The molecule has 14 heavy (non-hydrogen) atoms. The number of carbonyl (C=O) groups excluding carboxylic acids is 1. The Balaban J connectivity index is 3.37. The number of aliphatic hydroxyl groups excluding tert-OH is 1. The van der Waals surface area contributed by atoms with Crippen LogP contribution in [-0.4, -0.2) is 30.5 Å². The first-order valence-electron chi connectivity index (χ1n) is 5.15. The van der Waals surface area contributed by atoms with Gasteiger partial charge < -0.3 is 15.2 Å². The van der Waals surface area contributed by atoms with Gasteiger partial charge in [-0.1, -0.05) is 20.8 Å². The minimum Gasteiger partial charge on any atom is -0.447 e. The Kier molecular flexibility index (Phi) is 7.20. The molecule has 0 aromatic heterocycles. The summed E-state index contributed by atoms with van der Waals surface area (Å²) in [7, 11) is 0. The monoisotopic (exact) mass is 203 g/mol. The third-order valence-electron chi connectivity index (χ3n) is 1.87. The molecule has 0 aromatic carbocycles. The molecule has 0 rings (SSSR count). The van der Waals surface area contributed by atoms with Gasteiger partial charge >= 0.3 is 6.09 Å². The van der Waals surface area contributed by atoms with Crippen LogP contribution in [-0.2, 0) is 4.74 Å². The van der Waals surface area contributed by atoms with E-state index in [4.69, 9.17) is 9.84 Å². The largest absolute Gasteiger partial charge is 0.447 e. The Bertz CT molecular complexity index is 159. The van der Waals surface area contributed by atoms with E-state index < -0.39 is 12.2 Å². The molecule has 2 N–H and O–H groups in total. The zero-order valence-corrected chi connectivity index (χ0v) is 9.25. The first-order valence-corrected chi connectivity index (χ1v) is 5.15. The maximum Gasteiger partial charge on any atom is 0.407 e. The summed E-state index contributed by atoms with van der Waals surface area (Å²) >= 11 is 0. The van der Waals surface area contributed by atoms with Crippen LogP contribution in [0.4, 0.5) is 4.79 Å². The van der Waals surface area contributed by atoms with Crippen LogP contribution in [0, 0.1) is 5.92 Å². The Hall–Kier alpha value is -0.770. The average Bonchev–Trinajstić information content (AvgIpc) is 2.13. The van der Waals surface area contributed by atoms with Crippen LogP contribution >= 0.6 is 0 Å². The molecule has 0 aliphatic carbocycles. The first kappa shape index (κ1) is 13.2. The predicted octanol–water partition coefficient (Wildman–Crippen LogP) is 1.53. The van der Waals surface area contributed by atoms with Gasteiger partial charge in [0.25, 0.3) is 0 Å². The highest BCUT2D eigenvalue weighted by atomic mass is 16.6. The summed E-state index contributed by atoms with van der Waals surface area (Å²) in [5.74, 6) is 0.566. The number of hydrogen-bond donors (Lipinski definition) is 2. The number of aliphatic hydroxyl groups is 1. The van der Waals surface area contributed by atoms with Crippen LogP contribution in [0.15, 0.2) is 0 Å². The van der Waals surface area contributed by atoms with Crippen molar-refractivity contribution in [3.05, 3.63) is 0 Å². The van der Waals surface area contributed by atoms with Gasteiger partial charge in [-0.3, -0.25) is 0 Å². The number of ether oxygens (including phenoxy) is 1. The molecule has 84 valence electrons. The van der Waals surface area contributed by atoms with E-state index in [1.807, 2.05) is 6.92 Å². The Morgan fingerprint density at radius 2 is 2.14 bits per heavy atom. The lowest BCUT2D eigenvalue weighted by Gasteiger charge is -2.10.